The molecule has 0 N–H and O–H groups in total. The van der Waals surface area contributed by atoms with Gasteiger partial charge in [0, 0.05) is 77.8 Å². The van der Waals surface area contributed by atoms with Gasteiger partial charge in [-0.15, -0.1) is 0 Å². The summed E-state index contributed by atoms with van der Waals surface area (Å²) in [7, 11) is 0. The Balaban J connectivity index is 0.644. The Morgan fingerprint density at radius 1 is 0.123 bits per heavy atom. The van der Waals surface area contributed by atoms with Crippen LogP contribution in [0, 0.1) is 0 Å². The van der Waals surface area contributed by atoms with E-state index < -0.39 is 0 Å². The average molecular weight is 1680 g/mol. The summed E-state index contributed by atoms with van der Waals surface area (Å²) in [6, 6.07) is 130. The van der Waals surface area contributed by atoms with Gasteiger partial charge in [-0.3, -0.25) is 0 Å². The Labute approximate surface area is 762 Å². The van der Waals surface area contributed by atoms with Crippen LogP contribution in [0.5, 0.6) is 0 Å². The maximum Gasteiger partial charge on any atom is 0.116 e. The van der Waals surface area contributed by atoms with Gasteiger partial charge in [0.25, 0.3) is 0 Å². The lowest BCUT2D eigenvalue weighted by atomic mass is 9.86. The molecule has 0 spiro atoms. The summed E-state index contributed by atoms with van der Waals surface area (Å²) in [5, 5.41) is 0. The molecular weight excluding hydrogens is 1580 g/mol. The van der Waals surface area contributed by atoms with Gasteiger partial charge in [-0.05, 0) is 200 Å². The standard InChI is InChI=1S/C120H100N10/c1-117(2,3)113-68-109(123-73-127-113)85-53-41-79(42-54-85)97-27-15-21-33-103(97)91-61-89(62-92(65-91)104-34-22-16-28-98(104)80-43-55-86(56-44-80)110-69-114(118(4,5)6)128-74-124-110)101-31-19-13-25-95(101)77-37-49-83(50-38-77)107-67-108(122-72-121-107)84-51-39-78(40-52-84)96-26-14-20-32-102(96)90-63-93(105-35-23-17-29-99(105)81-45-57-87(58-46-81)111-70-115(119(7,8)9)129-75-125-111)66-94(64-90)106-36-24-18-30-100(106)82-47-59-88(60-48-82)112-71-116(120(10,11)12)130-76-126-112/h13-76H,1-12H3. The number of nitrogens with zero attached hydrogens (tertiary/aromatic N) is 10. The molecule has 0 aliphatic rings. The number of aromatic nitrogens is 10. The molecule has 5 aromatic heterocycles. The lowest BCUT2D eigenvalue weighted by molar-refractivity contribution is 0.567. The van der Waals surface area contributed by atoms with Crippen molar-refractivity contribution in [3.05, 3.63) is 412 Å². The molecular formula is C120H100N10. The Morgan fingerprint density at radius 3 is 0.392 bits per heavy atom. The van der Waals surface area contributed by atoms with Crippen molar-refractivity contribution >= 4 is 0 Å². The second-order valence-electron chi connectivity index (χ2n) is 37.8. The second kappa shape index (κ2) is 35.0. The molecule has 5 heterocycles. The molecule has 0 aliphatic carbocycles. The van der Waals surface area contributed by atoms with Crippen LogP contribution < -0.4 is 0 Å². The zero-order valence-electron chi connectivity index (χ0n) is 75.4. The van der Waals surface area contributed by atoms with Crippen LogP contribution in [-0.4, -0.2) is 49.8 Å². The predicted octanol–water partition coefficient (Wildman–Crippen LogP) is 30.8. The summed E-state index contributed by atoms with van der Waals surface area (Å²) in [6.07, 6.45) is 8.40. The minimum absolute atomic E-state index is 0.113. The van der Waals surface area contributed by atoms with Crippen LogP contribution in [0.2, 0.25) is 0 Å². The topological polar surface area (TPSA) is 129 Å². The zero-order valence-corrected chi connectivity index (χ0v) is 75.4. The number of hydrogen-bond acceptors (Lipinski definition) is 10. The summed E-state index contributed by atoms with van der Waals surface area (Å²) < 4.78 is 0. The highest BCUT2D eigenvalue weighted by atomic mass is 14.9. The number of benzene rings is 14. The number of rotatable bonds is 18. The van der Waals surface area contributed by atoms with Crippen LogP contribution in [0.4, 0.5) is 0 Å². The van der Waals surface area contributed by atoms with E-state index in [4.69, 9.17) is 29.9 Å². The summed E-state index contributed by atoms with van der Waals surface area (Å²) in [4.78, 5) is 47.3. The summed E-state index contributed by atoms with van der Waals surface area (Å²) in [6.45, 7) is 26.2. The smallest absolute Gasteiger partial charge is 0.116 e. The average Bonchev–Trinajstić information content (AvgIpc) is 0.768. The van der Waals surface area contributed by atoms with E-state index in [1.807, 2.05) is 0 Å². The highest BCUT2D eigenvalue weighted by molar-refractivity contribution is 5.98. The first-order valence-electron chi connectivity index (χ1n) is 44.6. The van der Waals surface area contributed by atoms with Crippen molar-refractivity contribution in [3.63, 3.8) is 0 Å². The zero-order chi connectivity index (χ0) is 89.4. The van der Waals surface area contributed by atoms with Crippen LogP contribution in [0.3, 0.4) is 0 Å². The van der Waals surface area contributed by atoms with Crippen LogP contribution in [0.15, 0.2) is 390 Å². The van der Waals surface area contributed by atoms with Crippen molar-refractivity contribution in [1.29, 1.82) is 0 Å². The Hall–Kier alpha value is -15.5. The van der Waals surface area contributed by atoms with Crippen molar-refractivity contribution in [3.8, 4) is 201 Å². The molecule has 0 bridgehead atoms. The Bertz CT molecular complexity index is 6630. The minimum Gasteiger partial charge on any atom is -0.241 e. The first-order valence-corrected chi connectivity index (χ1v) is 44.6. The van der Waals surface area contributed by atoms with Crippen molar-refractivity contribution in [2.45, 2.75) is 105 Å². The van der Waals surface area contributed by atoms with E-state index in [1.54, 1.807) is 31.6 Å². The maximum atomic E-state index is 4.93. The van der Waals surface area contributed by atoms with Crippen LogP contribution in [-0.2, 0) is 21.7 Å². The van der Waals surface area contributed by atoms with E-state index in [0.717, 1.165) is 224 Å². The second-order valence-corrected chi connectivity index (χ2v) is 37.8. The van der Waals surface area contributed by atoms with Crippen LogP contribution in [0.25, 0.3) is 201 Å². The van der Waals surface area contributed by atoms with Crippen molar-refractivity contribution in [1.82, 2.24) is 49.8 Å². The highest BCUT2D eigenvalue weighted by Gasteiger charge is 2.25. The molecule has 630 valence electrons. The van der Waals surface area contributed by atoms with Crippen molar-refractivity contribution < 1.29 is 0 Å². The normalized spacial score (nSPS) is 11.8. The van der Waals surface area contributed by atoms with Gasteiger partial charge >= 0.3 is 0 Å². The van der Waals surface area contributed by atoms with Gasteiger partial charge in [0.1, 0.15) is 31.6 Å². The molecule has 10 heteroatoms. The van der Waals surface area contributed by atoms with Crippen LogP contribution in [0.1, 0.15) is 106 Å². The molecule has 0 saturated carbocycles. The maximum absolute atomic E-state index is 4.93. The third kappa shape index (κ3) is 17.8. The summed E-state index contributed by atoms with van der Waals surface area (Å²) >= 11 is 0. The molecule has 0 saturated heterocycles. The Kier molecular flexibility index (Phi) is 22.6. The van der Waals surface area contributed by atoms with E-state index in [0.29, 0.717) is 0 Å². The van der Waals surface area contributed by atoms with E-state index in [9.17, 15) is 0 Å². The van der Waals surface area contributed by atoms with Crippen molar-refractivity contribution in [2.24, 2.45) is 0 Å². The van der Waals surface area contributed by atoms with Gasteiger partial charge < -0.3 is 0 Å². The fourth-order valence-electron chi connectivity index (χ4n) is 17.4. The van der Waals surface area contributed by atoms with Gasteiger partial charge in [-0.1, -0.05) is 374 Å². The molecule has 0 fully saturated rings. The first kappa shape index (κ1) is 84.0. The molecule has 0 radical (unpaired) electrons. The largest absolute Gasteiger partial charge is 0.241 e. The van der Waals surface area contributed by atoms with Gasteiger partial charge in [-0.2, -0.15) is 0 Å². The van der Waals surface area contributed by atoms with E-state index >= 15 is 0 Å². The fourth-order valence-corrected chi connectivity index (χ4v) is 17.4. The first-order chi connectivity index (χ1) is 62.9. The predicted molar refractivity (Wildman–Crippen MR) is 537 cm³/mol. The summed E-state index contributed by atoms with van der Waals surface area (Å²) in [5.41, 5.74) is 41.5. The van der Waals surface area contributed by atoms with Gasteiger partial charge in [0.15, 0.2) is 0 Å². The van der Waals surface area contributed by atoms with Gasteiger partial charge in [0.05, 0.1) is 34.2 Å². The Morgan fingerprint density at radius 2 is 0.246 bits per heavy atom. The molecule has 14 aromatic carbocycles. The fraction of sp³-hybridized carbons (Fsp3) is 0.133. The molecule has 0 unspecified atom stereocenters. The monoisotopic (exact) mass is 1680 g/mol. The van der Waals surface area contributed by atoms with Gasteiger partial charge in [0.2, 0.25) is 0 Å². The molecule has 0 amide bonds. The molecule has 0 aliphatic heterocycles. The molecule has 19 rings (SSSR count). The third-order valence-corrected chi connectivity index (χ3v) is 24.7. The van der Waals surface area contributed by atoms with E-state index in [-0.39, 0.29) is 21.7 Å². The van der Waals surface area contributed by atoms with E-state index in [2.05, 4.69) is 461 Å². The lowest BCUT2D eigenvalue weighted by Crippen LogP contribution is -2.13. The molecule has 130 heavy (non-hydrogen) atoms. The van der Waals surface area contributed by atoms with E-state index in [1.165, 1.54) is 0 Å². The number of hydrogen-bond donors (Lipinski definition) is 0. The lowest BCUT2D eigenvalue weighted by Gasteiger charge is -2.19. The molecule has 0 atom stereocenters. The molecule has 19 aromatic rings. The molecule has 10 nitrogen and oxygen atoms in total. The summed E-state index contributed by atoms with van der Waals surface area (Å²) in [5.74, 6) is 0. The minimum atomic E-state index is -0.113. The SMILES string of the molecule is CC(C)(C)c1cc(-c2ccc(-c3ccccc3-c3cc(-c4ccccc4-c4ccc(-c5cc(-c6ccc(-c7ccccc7-c7cc(-c8ccccc8-c8ccc(-c9cc(C(C)(C)C)ncn9)cc8)cc(-c8ccccc8-c8ccc(-c9cc(C(C)(C)C)ncn9)cc8)c7)cc6)ncn5)cc4)cc(-c4ccccc4-c4ccc(-c5cc(C(C)(C)C)ncn5)cc4)c3)cc2)ncn1. The quantitative estimate of drug-likeness (QED) is 0.0819. The van der Waals surface area contributed by atoms with Crippen LogP contribution >= 0.6 is 0 Å². The third-order valence-electron chi connectivity index (χ3n) is 24.7. The van der Waals surface area contributed by atoms with Gasteiger partial charge in [-0.25, -0.2) is 49.8 Å². The highest BCUT2D eigenvalue weighted by Crippen LogP contribution is 2.47. The van der Waals surface area contributed by atoms with Crippen molar-refractivity contribution in [2.75, 3.05) is 0 Å².